The third kappa shape index (κ3) is 3.26. The van der Waals surface area contributed by atoms with Gasteiger partial charge in [-0.3, -0.25) is 4.79 Å². The molecule has 3 atom stereocenters. The molecule has 4 heteroatoms. The normalized spacial score (nSPS) is 27.4. The van der Waals surface area contributed by atoms with E-state index in [9.17, 15) is 14.7 Å². The van der Waals surface area contributed by atoms with Crippen LogP contribution in [0.25, 0.3) is 0 Å². The van der Waals surface area contributed by atoms with Crippen molar-refractivity contribution in [3.8, 4) is 0 Å². The van der Waals surface area contributed by atoms with Crippen molar-refractivity contribution in [2.24, 2.45) is 16.7 Å². The van der Waals surface area contributed by atoms with E-state index in [1.807, 2.05) is 51.1 Å². The smallest absolute Gasteiger partial charge is 0.223 e. The molecule has 0 heterocycles. The largest absolute Gasteiger partial charge is 0.550 e. The van der Waals surface area contributed by atoms with Gasteiger partial charge in [-0.1, -0.05) is 51.1 Å². The van der Waals surface area contributed by atoms with Gasteiger partial charge in [-0.15, -0.1) is 0 Å². The minimum absolute atomic E-state index is 0.00973. The first kappa shape index (κ1) is 17.5. The summed E-state index contributed by atoms with van der Waals surface area (Å²) in [4.78, 5) is 24.2. The summed E-state index contributed by atoms with van der Waals surface area (Å²) in [7, 11) is 0. The van der Waals surface area contributed by atoms with Gasteiger partial charge in [0, 0.05) is 23.3 Å². The lowest BCUT2D eigenvalue weighted by atomic mass is 9.65. The average molecular weight is 316 g/mol. The van der Waals surface area contributed by atoms with Crippen molar-refractivity contribution in [3.05, 3.63) is 35.9 Å². The number of hydrogen-bond donors (Lipinski definition) is 1. The lowest BCUT2D eigenvalue weighted by molar-refractivity contribution is -0.323. The zero-order valence-electron chi connectivity index (χ0n) is 14.4. The highest BCUT2D eigenvalue weighted by Crippen LogP contribution is 2.55. The number of carbonyl (C=O) groups excluding carboxylic acids is 2. The van der Waals surface area contributed by atoms with Gasteiger partial charge in [-0.05, 0) is 37.2 Å². The monoisotopic (exact) mass is 316 g/mol. The lowest BCUT2D eigenvalue weighted by Gasteiger charge is -2.42. The molecule has 0 aliphatic heterocycles. The van der Waals surface area contributed by atoms with E-state index in [1.54, 1.807) is 6.92 Å². The number of carbonyl (C=O) groups is 2. The van der Waals surface area contributed by atoms with Gasteiger partial charge in [0.1, 0.15) is 0 Å². The zero-order valence-corrected chi connectivity index (χ0v) is 14.4. The van der Waals surface area contributed by atoms with Crippen LogP contribution >= 0.6 is 0 Å². The molecule has 4 nitrogen and oxygen atoms in total. The van der Waals surface area contributed by atoms with Crippen molar-refractivity contribution >= 4 is 11.9 Å². The van der Waals surface area contributed by atoms with E-state index in [0.717, 1.165) is 6.42 Å². The van der Waals surface area contributed by atoms with E-state index in [4.69, 9.17) is 0 Å². The highest BCUT2D eigenvalue weighted by molar-refractivity contribution is 5.83. The molecule has 1 aliphatic rings. The van der Waals surface area contributed by atoms with Crippen molar-refractivity contribution in [1.29, 1.82) is 0 Å². The summed E-state index contributed by atoms with van der Waals surface area (Å²) in [6.07, 6.45) is 1.83. The Hall–Kier alpha value is -1.84. The molecule has 1 fully saturated rings. The fourth-order valence-corrected chi connectivity index (χ4v) is 3.69. The van der Waals surface area contributed by atoms with E-state index >= 15 is 0 Å². The Morgan fingerprint density at radius 1 is 1.26 bits per heavy atom. The molecule has 0 radical (unpaired) electrons. The molecular weight excluding hydrogens is 290 g/mol. The van der Waals surface area contributed by atoms with Gasteiger partial charge in [0.2, 0.25) is 5.91 Å². The van der Waals surface area contributed by atoms with Crippen molar-refractivity contribution < 1.29 is 14.7 Å². The molecule has 0 aromatic heterocycles. The van der Waals surface area contributed by atoms with E-state index in [-0.39, 0.29) is 17.9 Å². The third-order valence-electron chi connectivity index (χ3n) is 5.77. The van der Waals surface area contributed by atoms with Crippen LogP contribution < -0.4 is 10.4 Å². The maximum absolute atomic E-state index is 12.6. The fourth-order valence-electron chi connectivity index (χ4n) is 3.69. The highest BCUT2D eigenvalue weighted by atomic mass is 16.4. The number of benzene rings is 1. The molecule has 0 unspecified atom stereocenters. The average Bonchev–Trinajstić information content (AvgIpc) is 2.71. The summed E-state index contributed by atoms with van der Waals surface area (Å²) in [5.74, 6) is -1.41. The van der Waals surface area contributed by atoms with Crippen LogP contribution in [-0.4, -0.2) is 17.9 Å². The van der Waals surface area contributed by atoms with Gasteiger partial charge in [-0.2, -0.15) is 0 Å². The third-order valence-corrected chi connectivity index (χ3v) is 5.77. The molecule has 1 amide bonds. The van der Waals surface area contributed by atoms with E-state index in [2.05, 4.69) is 5.32 Å². The first-order valence-electron chi connectivity index (χ1n) is 8.24. The highest BCUT2D eigenvalue weighted by Gasteiger charge is 2.54. The second-order valence-corrected chi connectivity index (χ2v) is 7.53. The summed E-state index contributed by atoms with van der Waals surface area (Å²) in [6, 6.07) is 10.0. The van der Waals surface area contributed by atoms with Crippen molar-refractivity contribution in [3.63, 3.8) is 0 Å². The fraction of sp³-hybridized carbons (Fsp3) is 0.579. The summed E-state index contributed by atoms with van der Waals surface area (Å²) >= 11 is 0. The molecule has 0 saturated heterocycles. The molecule has 2 rings (SSSR count). The molecule has 126 valence electrons. The summed E-state index contributed by atoms with van der Waals surface area (Å²) < 4.78 is 0. The summed E-state index contributed by atoms with van der Waals surface area (Å²) in [6.45, 7) is 7.40. The topological polar surface area (TPSA) is 69.2 Å². The number of carboxylic acid groups (broad SMARTS) is 1. The Labute approximate surface area is 138 Å². The maximum Gasteiger partial charge on any atom is 0.223 e. The Morgan fingerprint density at radius 2 is 1.87 bits per heavy atom. The SMILES string of the molecule is C[C@H](Cc1ccccc1)NC(=O)[C@@H]1CC[C@@](C)(C(=O)[O-])C1(C)C. The molecule has 0 bridgehead atoms. The van der Waals surface area contributed by atoms with Crippen molar-refractivity contribution in [1.82, 2.24) is 5.32 Å². The van der Waals surface area contributed by atoms with Crippen LogP contribution in [0.1, 0.15) is 46.1 Å². The number of nitrogens with one attached hydrogen (secondary N) is 1. The first-order valence-corrected chi connectivity index (χ1v) is 8.24. The Morgan fingerprint density at radius 3 is 2.39 bits per heavy atom. The molecule has 1 aromatic carbocycles. The van der Waals surface area contributed by atoms with Crippen LogP contribution in [0.5, 0.6) is 0 Å². The number of amides is 1. The number of aliphatic carboxylic acids is 1. The molecule has 0 spiro atoms. The maximum atomic E-state index is 12.6. The van der Waals surface area contributed by atoms with E-state index in [0.29, 0.717) is 12.8 Å². The van der Waals surface area contributed by atoms with Gasteiger partial charge < -0.3 is 15.2 Å². The van der Waals surface area contributed by atoms with Crippen molar-refractivity contribution in [2.75, 3.05) is 0 Å². The second-order valence-electron chi connectivity index (χ2n) is 7.53. The summed E-state index contributed by atoms with van der Waals surface area (Å²) in [5.41, 5.74) is -0.411. The number of rotatable bonds is 5. The minimum Gasteiger partial charge on any atom is -0.550 e. The van der Waals surface area contributed by atoms with Gasteiger partial charge in [0.05, 0.1) is 0 Å². The quantitative estimate of drug-likeness (QED) is 0.902. The molecule has 1 aliphatic carbocycles. The molecular formula is C19H26NO3-. The van der Waals surface area contributed by atoms with Gasteiger partial charge in [0.15, 0.2) is 0 Å². The van der Waals surface area contributed by atoms with Crippen LogP contribution in [0.2, 0.25) is 0 Å². The zero-order chi connectivity index (χ0) is 17.3. The molecule has 23 heavy (non-hydrogen) atoms. The molecule has 1 saturated carbocycles. The minimum atomic E-state index is -1.06. The first-order chi connectivity index (χ1) is 10.7. The standard InChI is InChI=1S/C19H27NO3/c1-13(12-14-8-6-5-7-9-14)20-16(21)15-10-11-19(4,17(22)23)18(15,2)3/h5-9,13,15H,10-12H2,1-4H3,(H,20,21)(H,22,23)/p-1/t13-,15+,19+/m1/s1. The number of hydrogen-bond acceptors (Lipinski definition) is 3. The summed E-state index contributed by atoms with van der Waals surface area (Å²) in [5, 5.41) is 14.6. The Balaban J connectivity index is 2.02. The van der Waals surface area contributed by atoms with E-state index < -0.39 is 16.8 Å². The predicted molar refractivity (Wildman–Crippen MR) is 87.4 cm³/mol. The molecule has 1 N–H and O–H groups in total. The van der Waals surface area contributed by atoms with Crippen LogP contribution in [0.3, 0.4) is 0 Å². The Kier molecular flexibility index (Phi) is 4.83. The predicted octanol–water partition coefficient (Wildman–Crippen LogP) is 1.93. The van der Waals surface area contributed by atoms with E-state index in [1.165, 1.54) is 5.56 Å². The molecule has 1 aromatic rings. The lowest BCUT2D eigenvalue weighted by Crippen LogP contribution is -2.51. The van der Waals surface area contributed by atoms with Gasteiger partial charge >= 0.3 is 0 Å². The van der Waals surface area contributed by atoms with Crippen molar-refractivity contribution in [2.45, 2.75) is 53.0 Å². The van der Waals surface area contributed by atoms with Crippen LogP contribution in [-0.2, 0) is 16.0 Å². The van der Waals surface area contributed by atoms with Crippen LogP contribution in [0, 0.1) is 16.7 Å². The van der Waals surface area contributed by atoms with Gasteiger partial charge in [-0.25, -0.2) is 0 Å². The van der Waals surface area contributed by atoms with Crippen LogP contribution in [0.15, 0.2) is 30.3 Å². The van der Waals surface area contributed by atoms with Crippen LogP contribution in [0.4, 0.5) is 0 Å². The Bertz CT molecular complexity index is 582. The van der Waals surface area contributed by atoms with Gasteiger partial charge in [0.25, 0.3) is 0 Å². The number of carboxylic acids is 1. The second kappa shape index (κ2) is 6.34.